The summed E-state index contributed by atoms with van der Waals surface area (Å²) < 4.78 is 39.0. The molecule has 0 saturated carbocycles. The van der Waals surface area contributed by atoms with Gasteiger partial charge in [-0.1, -0.05) is 12.1 Å². The average Bonchev–Trinajstić information content (AvgIpc) is 2.79. The molecule has 1 unspecified atom stereocenters. The summed E-state index contributed by atoms with van der Waals surface area (Å²) in [5, 5.41) is 0. The van der Waals surface area contributed by atoms with Crippen molar-refractivity contribution in [2.24, 2.45) is 5.92 Å². The molecule has 3 heterocycles. The van der Waals surface area contributed by atoms with Crippen LogP contribution in [0.2, 0.25) is 0 Å². The van der Waals surface area contributed by atoms with Gasteiger partial charge in [0.25, 0.3) is 0 Å². The summed E-state index contributed by atoms with van der Waals surface area (Å²) in [6.07, 6.45) is 0.878. The fraction of sp³-hybridized carbons (Fsp3) is 0.391. The monoisotopic (exact) mass is 430 g/mol. The van der Waals surface area contributed by atoms with Crippen LogP contribution in [0.25, 0.3) is 0 Å². The van der Waals surface area contributed by atoms with E-state index in [4.69, 9.17) is 9.47 Å². The molecule has 5 rings (SSSR count). The number of amides is 1. The van der Waals surface area contributed by atoms with Gasteiger partial charge >= 0.3 is 12.1 Å². The molecule has 6 nitrogen and oxygen atoms in total. The summed E-state index contributed by atoms with van der Waals surface area (Å²) in [5.74, 6) is -1.66. The number of hydrogen-bond donors (Lipinski definition) is 0. The Morgan fingerprint density at radius 2 is 1.90 bits per heavy atom. The molecule has 0 N–H and O–H groups in total. The minimum Gasteiger partial charge on any atom is -0.465 e. The Kier molecular flexibility index (Phi) is 6.18. The molecule has 3 saturated heterocycles. The maximum Gasteiger partial charge on any atom is 0.415 e. The van der Waals surface area contributed by atoms with Crippen molar-refractivity contribution in [1.29, 1.82) is 0 Å². The van der Waals surface area contributed by atoms with Crippen molar-refractivity contribution in [3.05, 3.63) is 65.2 Å². The lowest BCUT2D eigenvalue weighted by Gasteiger charge is -2.44. The molecule has 1 amide bonds. The number of esters is 1. The number of carbonyl (C=O) groups excluding carboxylic acids is 2. The van der Waals surface area contributed by atoms with Gasteiger partial charge in [-0.3, -0.25) is 9.80 Å². The van der Waals surface area contributed by atoms with E-state index >= 15 is 0 Å². The van der Waals surface area contributed by atoms with Crippen LogP contribution in [-0.4, -0.2) is 49.8 Å². The third-order valence-corrected chi connectivity index (χ3v) is 5.96. The van der Waals surface area contributed by atoms with Gasteiger partial charge in [0.15, 0.2) is 0 Å². The second-order valence-corrected chi connectivity index (χ2v) is 7.93. The number of hydrogen-bond acceptors (Lipinski definition) is 5. The third kappa shape index (κ3) is 4.69. The molecule has 164 valence electrons. The maximum absolute atomic E-state index is 14.6. The van der Waals surface area contributed by atoms with Gasteiger partial charge in [-0.15, -0.1) is 0 Å². The van der Waals surface area contributed by atoms with Crippen molar-refractivity contribution >= 4 is 17.7 Å². The smallest absolute Gasteiger partial charge is 0.415 e. The molecule has 0 radical (unpaired) electrons. The van der Waals surface area contributed by atoms with Crippen molar-refractivity contribution in [2.75, 3.05) is 31.6 Å². The van der Waals surface area contributed by atoms with Crippen LogP contribution >= 0.6 is 0 Å². The summed E-state index contributed by atoms with van der Waals surface area (Å²) >= 11 is 0. The fourth-order valence-electron chi connectivity index (χ4n) is 4.28. The molecule has 3 fully saturated rings. The second kappa shape index (κ2) is 9.01. The van der Waals surface area contributed by atoms with Gasteiger partial charge in [0, 0.05) is 12.6 Å². The highest BCUT2D eigenvalue weighted by atomic mass is 19.1. The summed E-state index contributed by atoms with van der Waals surface area (Å²) in [6.45, 7) is 2.53. The number of nitrogens with zero attached hydrogens (tertiary/aromatic N) is 2. The molecular formula is C23H24F2N2O4. The first-order valence-electron chi connectivity index (χ1n) is 10.3. The molecule has 2 aromatic rings. The van der Waals surface area contributed by atoms with E-state index in [0.29, 0.717) is 17.7 Å². The van der Waals surface area contributed by atoms with Crippen LogP contribution in [0.1, 0.15) is 28.8 Å². The summed E-state index contributed by atoms with van der Waals surface area (Å²) in [6, 6.07) is 9.40. The predicted molar refractivity (Wildman–Crippen MR) is 110 cm³/mol. The Morgan fingerprint density at radius 1 is 1.13 bits per heavy atom. The van der Waals surface area contributed by atoms with Crippen molar-refractivity contribution in [3.8, 4) is 0 Å². The van der Waals surface area contributed by atoms with Crippen LogP contribution in [0, 0.1) is 17.6 Å². The summed E-state index contributed by atoms with van der Waals surface area (Å²) in [7, 11) is 1.27. The van der Waals surface area contributed by atoms with Crippen molar-refractivity contribution in [1.82, 2.24) is 4.90 Å². The first-order chi connectivity index (χ1) is 14.9. The SMILES string of the molecule is COC(=O)c1cccc(CN(C(=O)OC2CN3CCC2CC3)c2cc(F)ccc2F)c1. The van der Waals surface area contributed by atoms with E-state index in [1.165, 1.54) is 7.11 Å². The van der Waals surface area contributed by atoms with Crippen molar-refractivity contribution in [2.45, 2.75) is 25.5 Å². The van der Waals surface area contributed by atoms with Gasteiger partial charge in [-0.05, 0) is 61.7 Å². The number of rotatable bonds is 5. The molecule has 0 aromatic heterocycles. The number of anilines is 1. The molecule has 31 heavy (non-hydrogen) atoms. The molecule has 1 atom stereocenters. The minimum atomic E-state index is -0.744. The van der Waals surface area contributed by atoms with Crippen LogP contribution in [0.15, 0.2) is 42.5 Å². The molecule has 0 spiro atoms. The average molecular weight is 430 g/mol. The lowest BCUT2D eigenvalue weighted by atomic mass is 9.86. The van der Waals surface area contributed by atoms with Gasteiger partial charge in [-0.2, -0.15) is 0 Å². The number of ether oxygens (including phenoxy) is 2. The summed E-state index contributed by atoms with van der Waals surface area (Å²) in [5.41, 5.74) is 0.637. The Bertz CT molecular complexity index is 976. The van der Waals surface area contributed by atoms with Crippen LogP contribution in [-0.2, 0) is 16.0 Å². The van der Waals surface area contributed by atoms with Crippen molar-refractivity contribution in [3.63, 3.8) is 0 Å². The van der Waals surface area contributed by atoms with E-state index in [0.717, 1.165) is 49.0 Å². The van der Waals surface area contributed by atoms with Crippen LogP contribution < -0.4 is 4.90 Å². The quantitative estimate of drug-likeness (QED) is 0.672. The van der Waals surface area contributed by atoms with Gasteiger partial charge in [0.2, 0.25) is 0 Å². The zero-order chi connectivity index (χ0) is 22.0. The molecule has 8 heteroatoms. The van der Waals surface area contributed by atoms with Crippen LogP contribution in [0.4, 0.5) is 19.3 Å². The zero-order valence-electron chi connectivity index (χ0n) is 17.2. The van der Waals surface area contributed by atoms with Crippen LogP contribution in [0.3, 0.4) is 0 Å². The number of methoxy groups -OCH3 is 1. The lowest BCUT2D eigenvalue weighted by Crippen LogP contribution is -2.53. The molecule has 0 aliphatic carbocycles. The first-order valence-corrected chi connectivity index (χ1v) is 10.3. The number of piperidine rings is 3. The standard InChI is InChI=1S/C23H24F2N2O4/c1-30-22(28)17-4-2-3-15(11-17)13-27(20-12-18(24)5-6-19(20)25)23(29)31-21-14-26-9-7-16(21)8-10-26/h2-6,11-12,16,21H,7-10,13-14H2,1H3. The van der Waals surface area contributed by atoms with Crippen LogP contribution in [0.5, 0.6) is 0 Å². The predicted octanol–water partition coefficient (Wildman–Crippen LogP) is 3.99. The van der Waals surface area contributed by atoms with E-state index in [2.05, 4.69) is 4.90 Å². The van der Waals surface area contributed by atoms with Gasteiger partial charge in [0.1, 0.15) is 17.7 Å². The van der Waals surface area contributed by atoms with E-state index in [9.17, 15) is 18.4 Å². The van der Waals surface area contributed by atoms with E-state index in [1.54, 1.807) is 24.3 Å². The normalized spacial score (nSPS) is 22.1. The lowest BCUT2D eigenvalue weighted by molar-refractivity contribution is -0.0311. The Morgan fingerprint density at radius 3 is 2.58 bits per heavy atom. The van der Waals surface area contributed by atoms with E-state index < -0.39 is 23.7 Å². The molecule has 2 bridgehead atoms. The number of carbonyl (C=O) groups is 2. The fourth-order valence-corrected chi connectivity index (χ4v) is 4.28. The summed E-state index contributed by atoms with van der Waals surface area (Å²) in [4.78, 5) is 28.3. The Labute approximate surface area is 179 Å². The Balaban J connectivity index is 1.61. The number of benzene rings is 2. The molecule has 2 aromatic carbocycles. The Hall–Kier alpha value is -3.00. The minimum absolute atomic E-state index is 0.0921. The first kappa shape index (κ1) is 21.2. The second-order valence-electron chi connectivity index (χ2n) is 7.93. The zero-order valence-corrected chi connectivity index (χ0v) is 17.2. The number of halogens is 2. The molecular weight excluding hydrogens is 406 g/mol. The highest BCUT2D eigenvalue weighted by Gasteiger charge is 2.37. The molecule has 3 aliphatic rings. The largest absolute Gasteiger partial charge is 0.465 e. The molecule has 3 aliphatic heterocycles. The van der Waals surface area contributed by atoms with Gasteiger partial charge in [0.05, 0.1) is 24.9 Å². The third-order valence-electron chi connectivity index (χ3n) is 5.96. The topological polar surface area (TPSA) is 59.1 Å². The van der Waals surface area contributed by atoms with E-state index in [1.807, 2.05) is 0 Å². The maximum atomic E-state index is 14.6. The van der Waals surface area contributed by atoms with Crippen molar-refractivity contribution < 1.29 is 27.8 Å². The van der Waals surface area contributed by atoms with Gasteiger partial charge in [-0.25, -0.2) is 18.4 Å². The highest BCUT2D eigenvalue weighted by molar-refractivity contribution is 5.90. The van der Waals surface area contributed by atoms with E-state index in [-0.39, 0.29) is 24.3 Å². The highest BCUT2D eigenvalue weighted by Crippen LogP contribution is 2.31. The number of fused-ring (bicyclic) bond motifs is 3. The van der Waals surface area contributed by atoms with Gasteiger partial charge < -0.3 is 9.47 Å².